The maximum Gasteiger partial charge on any atom is 0.335 e. The predicted molar refractivity (Wildman–Crippen MR) is 122 cm³/mol. The summed E-state index contributed by atoms with van der Waals surface area (Å²) >= 11 is 0. The first-order valence-electron chi connectivity index (χ1n) is 11.9. The van der Waals surface area contributed by atoms with Crippen LogP contribution in [0.3, 0.4) is 0 Å². The van der Waals surface area contributed by atoms with Crippen LogP contribution >= 0.6 is 0 Å². The maximum atomic E-state index is 11.5. The third-order valence-electron chi connectivity index (χ3n) is 9.72. The van der Waals surface area contributed by atoms with Gasteiger partial charge in [0.1, 0.15) is 0 Å². The highest BCUT2D eigenvalue weighted by atomic mass is 16.4. The van der Waals surface area contributed by atoms with Crippen LogP contribution < -0.4 is 0 Å². The standard InChI is InChI=1S/C27H38O4/c1-16-7-8-22-26(4,12-9-21-25(2,3)10-6-11-27(21,22)5)19(16)14-17-13-18(24(30)31)15-20(28)23(17)29/h13,15,19,21-22,28-29H,1,6-12,14H2,2-5H3,(H,30,31)/t19-,21+,22+,26+,27+/m0/s1. The quantitative estimate of drug-likeness (QED) is 0.378. The summed E-state index contributed by atoms with van der Waals surface area (Å²) in [7, 11) is 0. The number of phenolic OH excluding ortho intramolecular Hbond substituents is 2. The fraction of sp³-hybridized carbons (Fsp3) is 0.667. The average molecular weight is 427 g/mol. The lowest BCUT2D eigenvalue weighted by atomic mass is 9.39. The van der Waals surface area contributed by atoms with Crippen molar-refractivity contribution < 1.29 is 20.1 Å². The summed E-state index contributed by atoms with van der Waals surface area (Å²) in [5.74, 6) is -0.159. The number of carbonyl (C=O) groups is 1. The van der Waals surface area contributed by atoms with Crippen LogP contribution in [0.15, 0.2) is 24.3 Å². The van der Waals surface area contributed by atoms with Crippen LogP contribution in [-0.2, 0) is 6.42 Å². The van der Waals surface area contributed by atoms with Crippen LogP contribution in [0.25, 0.3) is 0 Å². The zero-order valence-corrected chi connectivity index (χ0v) is 19.5. The van der Waals surface area contributed by atoms with E-state index in [4.69, 9.17) is 0 Å². The third kappa shape index (κ3) is 3.37. The van der Waals surface area contributed by atoms with Gasteiger partial charge in [0, 0.05) is 0 Å². The van der Waals surface area contributed by atoms with Gasteiger partial charge in [-0.1, -0.05) is 46.3 Å². The zero-order chi connectivity index (χ0) is 22.8. The van der Waals surface area contributed by atoms with Crippen LogP contribution in [0.2, 0.25) is 0 Å². The number of hydrogen-bond acceptors (Lipinski definition) is 3. The lowest BCUT2D eigenvalue weighted by Gasteiger charge is -2.66. The molecule has 0 bridgehead atoms. The van der Waals surface area contributed by atoms with Gasteiger partial charge in [0.2, 0.25) is 0 Å². The Balaban J connectivity index is 1.72. The molecular weight excluding hydrogens is 388 g/mol. The number of aromatic carboxylic acids is 1. The topological polar surface area (TPSA) is 77.8 Å². The van der Waals surface area contributed by atoms with Gasteiger partial charge < -0.3 is 15.3 Å². The summed E-state index contributed by atoms with van der Waals surface area (Å²) in [6.07, 6.45) is 8.90. The summed E-state index contributed by atoms with van der Waals surface area (Å²) in [4.78, 5) is 11.5. The van der Waals surface area contributed by atoms with Crippen molar-refractivity contribution >= 4 is 5.97 Å². The minimum atomic E-state index is -1.10. The number of carboxylic acids is 1. The first-order valence-corrected chi connectivity index (χ1v) is 11.9. The van der Waals surface area contributed by atoms with Crippen molar-refractivity contribution in [1.29, 1.82) is 0 Å². The van der Waals surface area contributed by atoms with E-state index in [1.807, 2.05) is 0 Å². The first kappa shape index (κ1) is 22.2. The molecule has 0 aliphatic heterocycles. The summed E-state index contributed by atoms with van der Waals surface area (Å²) < 4.78 is 0. The molecule has 0 heterocycles. The first-order chi connectivity index (χ1) is 14.4. The second-order valence-corrected chi connectivity index (χ2v) is 11.8. The normalized spacial score (nSPS) is 37.0. The number of phenols is 2. The van der Waals surface area contributed by atoms with Crippen LogP contribution in [0.4, 0.5) is 0 Å². The van der Waals surface area contributed by atoms with E-state index in [0.29, 0.717) is 28.7 Å². The van der Waals surface area contributed by atoms with Crippen molar-refractivity contribution in [1.82, 2.24) is 0 Å². The average Bonchev–Trinajstić information content (AvgIpc) is 2.66. The van der Waals surface area contributed by atoms with E-state index in [0.717, 1.165) is 24.8 Å². The number of hydrogen-bond donors (Lipinski definition) is 3. The monoisotopic (exact) mass is 426 g/mol. The van der Waals surface area contributed by atoms with E-state index in [1.54, 1.807) is 0 Å². The molecule has 3 saturated carbocycles. The Bertz CT molecular complexity index is 916. The molecule has 4 rings (SSSR count). The molecule has 31 heavy (non-hydrogen) atoms. The molecule has 0 saturated heterocycles. The van der Waals surface area contributed by atoms with Crippen molar-refractivity contribution in [3.63, 3.8) is 0 Å². The highest BCUT2D eigenvalue weighted by Crippen LogP contribution is 2.69. The molecule has 5 atom stereocenters. The Hall–Kier alpha value is -1.97. The highest BCUT2D eigenvalue weighted by Gasteiger charge is 2.61. The molecule has 0 radical (unpaired) electrons. The lowest BCUT2D eigenvalue weighted by Crippen LogP contribution is -2.58. The molecule has 3 fully saturated rings. The molecule has 3 aliphatic rings. The Morgan fingerprint density at radius 1 is 1.03 bits per heavy atom. The summed E-state index contributed by atoms with van der Waals surface area (Å²) in [5.41, 5.74) is 2.48. The molecule has 3 N–H and O–H groups in total. The van der Waals surface area contributed by atoms with Gasteiger partial charge in [-0.15, -0.1) is 0 Å². The van der Waals surface area contributed by atoms with Gasteiger partial charge in [-0.25, -0.2) is 4.79 Å². The number of fused-ring (bicyclic) bond motifs is 3. The van der Waals surface area contributed by atoms with Crippen molar-refractivity contribution in [2.45, 2.75) is 79.1 Å². The molecule has 0 amide bonds. The molecule has 170 valence electrons. The summed E-state index contributed by atoms with van der Waals surface area (Å²) in [5, 5.41) is 30.1. The fourth-order valence-electron chi connectivity index (χ4n) is 8.29. The fourth-order valence-corrected chi connectivity index (χ4v) is 8.29. The maximum absolute atomic E-state index is 11.5. The Morgan fingerprint density at radius 2 is 1.74 bits per heavy atom. The van der Waals surface area contributed by atoms with Gasteiger partial charge in [0.15, 0.2) is 11.5 Å². The number of aromatic hydroxyl groups is 2. The SMILES string of the molecule is C=C1CC[C@H]2[C@]3(C)CCCC(C)(C)[C@H]3CC[C@]2(C)[C@H]1Cc1cc(C(=O)O)cc(O)c1O. The van der Waals surface area contributed by atoms with E-state index >= 15 is 0 Å². The van der Waals surface area contributed by atoms with Crippen molar-refractivity contribution in [2.24, 2.45) is 34.0 Å². The molecule has 0 spiro atoms. The van der Waals surface area contributed by atoms with E-state index in [1.165, 1.54) is 43.7 Å². The van der Waals surface area contributed by atoms with Crippen LogP contribution in [0.1, 0.15) is 88.6 Å². The van der Waals surface area contributed by atoms with Crippen molar-refractivity contribution in [3.05, 3.63) is 35.4 Å². The number of benzene rings is 1. The smallest absolute Gasteiger partial charge is 0.335 e. The number of carboxylic acid groups (broad SMARTS) is 1. The molecular formula is C27H38O4. The lowest BCUT2D eigenvalue weighted by molar-refractivity contribution is -0.152. The molecule has 4 heteroatoms. The second kappa shape index (κ2) is 7.28. The van der Waals surface area contributed by atoms with Gasteiger partial charge in [-0.05, 0) is 96.6 Å². The van der Waals surface area contributed by atoms with Gasteiger partial charge >= 0.3 is 5.97 Å². The molecule has 4 nitrogen and oxygen atoms in total. The van der Waals surface area contributed by atoms with Crippen LogP contribution in [-0.4, -0.2) is 21.3 Å². The molecule has 0 aromatic heterocycles. The third-order valence-corrected chi connectivity index (χ3v) is 9.72. The summed E-state index contributed by atoms with van der Waals surface area (Å²) in [6.45, 7) is 14.3. The Kier molecular flexibility index (Phi) is 5.22. The van der Waals surface area contributed by atoms with E-state index < -0.39 is 5.97 Å². The number of allylic oxidation sites excluding steroid dienone is 1. The van der Waals surface area contributed by atoms with Crippen molar-refractivity contribution in [2.75, 3.05) is 0 Å². The van der Waals surface area contributed by atoms with Crippen molar-refractivity contribution in [3.8, 4) is 11.5 Å². The number of rotatable bonds is 3. The highest BCUT2D eigenvalue weighted by molar-refractivity contribution is 5.89. The molecule has 1 aromatic carbocycles. The van der Waals surface area contributed by atoms with E-state index in [9.17, 15) is 20.1 Å². The van der Waals surface area contributed by atoms with Gasteiger partial charge in [-0.2, -0.15) is 0 Å². The molecule has 0 unspecified atom stereocenters. The van der Waals surface area contributed by atoms with E-state index in [-0.39, 0.29) is 28.4 Å². The zero-order valence-electron chi connectivity index (χ0n) is 19.5. The van der Waals surface area contributed by atoms with E-state index in [2.05, 4.69) is 34.3 Å². The Morgan fingerprint density at radius 3 is 2.42 bits per heavy atom. The molecule has 3 aliphatic carbocycles. The van der Waals surface area contributed by atoms with Gasteiger partial charge in [-0.3, -0.25) is 0 Å². The Labute approximate surface area is 186 Å². The predicted octanol–water partition coefficient (Wildman–Crippen LogP) is 6.55. The van der Waals surface area contributed by atoms with Gasteiger partial charge in [0.05, 0.1) is 5.56 Å². The minimum absolute atomic E-state index is 0.0122. The van der Waals surface area contributed by atoms with Crippen LogP contribution in [0.5, 0.6) is 11.5 Å². The minimum Gasteiger partial charge on any atom is -0.504 e. The second-order valence-electron chi connectivity index (χ2n) is 11.8. The van der Waals surface area contributed by atoms with Crippen LogP contribution in [0, 0.1) is 34.0 Å². The molecule has 1 aromatic rings. The summed E-state index contributed by atoms with van der Waals surface area (Å²) in [6, 6.07) is 2.65. The largest absolute Gasteiger partial charge is 0.504 e. The van der Waals surface area contributed by atoms with Gasteiger partial charge in [0.25, 0.3) is 0 Å².